The normalized spacial score (nSPS) is 10.0. The summed E-state index contributed by atoms with van der Waals surface area (Å²) in [4.78, 5) is 10.7. The second-order valence-corrected chi connectivity index (χ2v) is 2.78. The highest BCUT2D eigenvalue weighted by atomic mass is 19.1. The van der Waals surface area contributed by atoms with E-state index in [4.69, 9.17) is 10.2 Å². The third kappa shape index (κ3) is 1.96. The minimum Gasteiger partial charge on any atom is -0.508 e. The molecule has 0 aliphatic rings. The molecule has 13 heavy (non-hydrogen) atoms. The number of carbonyl (C=O) groups excluding carboxylic acids is 1. The molecule has 0 aliphatic carbocycles. The van der Waals surface area contributed by atoms with E-state index in [0.717, 1.165) is 12.1 Å². The van der Waals surface area contributed by atoms with Crippen LogP contribution >= 0.6 is 0 Å². The van der Waals surface area contributed by atoms with Crippen molar-refractivity contribution in [2.24, 2.45) is 0 Å². The first-order chi connectivity index (χ1) is 6.02. The lowest BCUT2D eigenvalue weighted by Gasteiger charge is -2.04. The Morgan fingerprint density at radius 2 is 1.92 bits per heavy atom. The van der Waals surface area contributed by atoms with Gasteiger partial charge in [0.05, 0.1) is 0 Å². The molecule has 1 aromatic rings. The Morgan fingerprint density at radius 1 is 1.38 bits per heavy atom. The van der Waals surface area contributed by atoms with Crippen LogP contribution in [0.15, 0.2) is 12.1 Å². The van der Waals surface area contributed by atoms with Crippen molar-refractivity contribution in [3.05, 3.63) is 23.5 Å². The molecule has 0 atom stereocenters. The van der Waals surface area contributed by atoms with Gasteiger partial charge >= 0.3 is 0 Å². The molecule has 1 rings (SSSR count). The highest BCUT2D eigenvalue weighted by Crippen LogP contribution is 2.27. The van der Waals surface area contributed by atoms with Crippen LogP contribution in [0.25, 0.3) is 0 Å². The van der Waals surface area contributed by atoms with Crippen LogP contribution in [-0.2, 0) is 11.2 Å². The largest absolute Gasteiger partial charge is 0.508 e. The van der Waals surface area contributed by atoms with Crippen LogP contribution in [0.5, 0.6) is 11.5 Å². The van der Waals surface area contributed by atoms with Crippen molar-refractivity contribution in [2.45, 2.75) is 13.3 Å². The van der Waals surface area contributed by atoms with Gasteiger partial charge in [-0.05, 0) is 19.1 Å². The van der Waals surface area contributed by atoms with Gasteiger partial charge in [-0.2, -0.15) is 0 Å². The predicted molar refractivity (Wildman–Crippen MR) is 44.1 cm³/mol. The molecule has 0 heterocycles. The van der Waals surface area contributed by atoms with Gasteiger partial charge in [-0.25, -0.2) is 4.39 Å². The van der Waals surface area contributed by atoms with E-state index in [2.05, 4.69) is 0 Å². The standard InChI is InChI=1S/C9H9FO3/c1-5(11)4-6-7(12)2-3-8(13)9(6)10/h2-3,12-13H,4H2,1H3. The van der Waals surface area contributed by atoms with E-state index >= 15 is 0 Å². The molecule has 0 spiro atoms. The molecule has 3 nitrogen and oxygen atoms in total. The third-order valence-electron chi connectivity index (χ3n) is 1.62. The molecular formula is C9H9FO3. The predicted octanol–water partition coefficient (Wildman–Crippen LogP) is 1.37. The van der Waals surface area contributed by atoms with Crippen molar-refractivity contribution in [2.75, 3.05) is 0 Å². The zero-order valence-corrected chi connectivity index (χ0v) is 7.04. The molecule has 0 radical (unpaired) electrons. The second-order valence-electron chi connectivity index (χ2n) is 2.78. The fraction of sp³-hybridized carbons (Fsp3) is 0.222. The number of ketones is 1. The monoisotopic (exact) mass is 184 g/mol. The Bertz CT molecular complexity index is 347. The number of hydrogen-bond acceptors (Lipinski definition) is 3. The number of carbonyl (C=O) groups is 1. The SMILES string of the molecule is CC(=O)Cc1c(O)ccc(O)c1F. The number of hydrogen-bond donors (Lipinski definition) is 2. The molecule has 0 saturated heterocycles. The van der Waals surface area contributed by atoms with Gasteiger partial charge in [-0.3, -0.25) is 4.79 Å². The van der Waals surface area contributed by atoms with Gasteiger partial charge in [-0.1, -0.05) is 0 Å². The van der Waals surface area contributed by atoms with Crippen LogP contribution < -0.4 is 0 Å². The maximum absolute atomic E-state index is 13.1. The summed E-state index contributed by atoms with van der Waals surface area (Å²) in [7, 11) is 0. The van der Waals surface area contributed by atoms with E-state index in [1.807, 2.05) is 0 Å². The van der Waals surface area contributed by atoms with Crippen LogP contribution in [0, 0.1) is 5.82 Å². The summed E-state index contributed by atoms with van der Waals surface area (Å²) in [6, 6.07) is 2.19. The molecule has 0 unspecified atom stereocenters. The molecule has 70 valence electrons. The number of phenols is 2. The lowest BCUT2D eigenvalue weighted by Crippen LogP contribution is -1.99. The lowest BCUT2D eigenvalue weighted by molar-refractivity contribution is -0.116. The van der Waals surface area contributed by atoms with Gasteiger partial charge < -0.3 is 10.2 Å². The molecule has 0 fully saturated rings. The maximum Gasteiger partial charge on any atom is 0.172 e. The van der Waals surface area contributed by atoms with Crippen molar-refractivity contribution < 1.29 is 19.4 Å². The topological polar surface area (TPSA) is 57.5 Å². The number of aromatic hydroxyl groups is 2. The Balaban J connectivity index is 3.17. The van der Waals surface area contributed by atoms with E-state index in [1.54, 1.807) is 0 Å². The lowest BCUT2D eigenvalue weighted by atomic mass is 10.1. The summed E-state index contributed by atoms with van der Waals surface area (Å²) in [6.45, 7) is 1.28. The van der Waals surface area contributed by atoms with Crippen LogP contribution in [-0.4, -0.2) is 16.0 Å². The highest BCUT2D eigenvalue weighted by Gasteiger charge is 2.13. The quantitative estimate of drug-likeness (QED) is 0.682. The minimum absolute atomic E-state index is 0.160. The molecule has 0 saturated carbocycles. The molecule has 0 aromatic heterocycles. The summed E-state index contributed by atoms with van der Waals surface area (Å²) in [6.07, 6.45) is -0.216. The van der Waals surface area contributed by atoms with Gasteiger partial charge in [0.25, 0.3) is 0 Å². The Hall–Kier alpha value is -1.58. The molecular weight excluding hydrogens is 175 g/mol. The summed E-state index contributed by atoms with van der Waals surface area (Å²) in [5.41, 5.74) is -0.160. The van der Waals surface area contributed by atoms with Gasteiger partial charge in [0.1, 0.15) is 11.5 Å². The molecule has 1 aromatic carbocycles. The molecule has 4 heteroatoms. The van der Waals surface area contributed by atoms with Crippen molar-refractivity contribution >= 4 is 5.78 Å². The Labute approximate surface area is 74.4 Å². The number of benzene rings is 1. The Morgan fingerprint density at radius 3 is 2.46 bits per heavy atom. The fourth-order valence-electron chi connectivity index (χ4n) is 1.02. The van der Waals surface area contributed by atoms with E-state index in [0.29, 0.717) is 0 Å². The summed E-state index contributed by atoms with van der Waals surface area (Å²) in [5, 5.41) is 18.1. The van der Waals surface area contributed by atoms with E-state index < -0.39 is 11.6 Å². The molecule has 0 bridgehead atoms. The first kappa shape index (κ1) is 9.51. The van der Waals surface area contributed by atoms with Crippen molar-refractivity contribution in [1.82, 2.24) is 0 Å². The first-order valence-electron chi connectivity index (χ1n) is 3.71. The zero-order valence-electron chi connectivity index (χ0n) is 7.04. The first-order valence-corrected chi connectivity index (χ1v) is 3.71. The molecule has 0 amide bonds. The van der Waals surface area contributed by atoms with Crippen molar-refractivity contribution in [1.29, 1.82) is 0 Å². The highest BCUT2D eigenvalue weighted by molar-refractivity contribution is 5.79. The van der Waals surface area contributed by atoms with Crippen LogP contribution in [0.1, 0.15) is 12.5 Å². The zero-order chi connectivity index (χ0) is 10.0. The summed E-state index contributed by atoms with van der Waals surface area (Å²) < 4.78 is 13.1. The van der Waals surface area contributed by atoms with Crippen LogP contribution in [0.2, 0.25) is 0 Å². The van der Waals surface area contributed by atoms with Crippen molar-refractivity contribution in [3.63, 3.8) is 0 Å². The molecule has 0 aliphatic heterocycles. The van der Waals surface area contributed by atoms with E-state index in [1.165, 1.54) is 6.92 Å². The van der Waals surface area contributed by atoms with E-state index in [9.17, 15) is 9.18 Å². The molecule has 2 N–H and O–H groups in total. The van der Waals surface area contributed by atoms with Gasteiger partial charge in [0.15, 0.2) is 11.6 Å². The number of halogens is 1. The summed E-state index contributed by atoms with van der Waals surface area (Å²) in [5.74, 6) is -2.09. The second kappa shape index (κ2) is 3.43. The smallest absolute Gasteiger partial charge is 0.172 e. The average molecular weight is 184 g/mol. The van der Waals surface area contributed by atoms with Gasteiger partial charge in [-0.15, -0.1) is 0 Å². The van der Waals surface area contributed by atoms with E-state index in [-0.39, 0.29) is 23.5 Å². The number of rotatable bonds is 2. The average Bonchev–Trinajstić information content (AvgIpc) is 2.05. The maximum atomic E-state index is 13.1. The van der Waals surface area contributed by atoms with Gasteiger partial charge in [0.2, 0.25) is 0 Å². The van der Waals surface area contributed by atoms with Crippen LogP contribution in [0.3, 0.4) is 0 Å². The van der Waals surface area contributed by atoms with Crippen LogP contribution in [0.4, 0.5) is 4.39 Å². The van der Waals surface area contributed by atoms with Gasteiger partial charge in [0, 0.05) is 12.0 Å². The third-order valence-corrected chi connectivity index (χ3v) is 1.62. The Kier molecular flexibility index (Phi) is 2.51. The number of phenolic OH excluding ortho intramolecular Hbond substituents is 2. The summed E-state index contributed by atoms with van der Waals surface area (Å²) >= 11 is 0. The number of Topliss-reactive ketones (excluding diaryl/α,β-unsaturated/α-hetero) is 1. The van der Waals surface area contributed by atoms with Crippen molar-refractivity contribution in [3.8, 4) is 11.5 Å². The minimum atomic E-state index is -0.935. The fourth-order valence-corrected chi connectivity index (χ4v) is 1.02.